The molecule has 0 aromatic carbocycles. The van der Waals surface area contributed by atoms with Gasteiger partial charge in [0.2, 0.25) is 0 Å². The maximum atomic E-state index is 15.2. The third-order valence-corrected chi connectivity index (χ3v) is 8.08. The van der Waals surface area contributed by atoms with Gasteiger partial charge < -0.3 is 9.64 Å². The fraction of sp³-hybridized carbons (Fsp3) is 0.667. The zero-order chi connectivity index (χ0) is 24.4. The molecule has 3 aliphatic heterocycles. The minimum absolute atomic E-state index is 0.000439. The number of ether oxygens (including phenoxy) is 1. The highest BCUT2D eigenvalue weighted by molar-refractivity contribution is 7.99. The lowest BCUT2D eigenvalue weighted by atomic mass is 9.85. The summed E-state index contributed by atoms with van der Waals surface area (Å²) in [6, 6.07) is 0.0536. The van der Waals surface area contributed by atoms with Crippen molar-refractivity contribution in [1.82, 2.24) is 19.9 Å². The van der Waals surface area contributed by atoms with Crippen LogP contribution in [0.3, 0.4) is 0 Å². The van der Waals surface area contributed by atoms with Crippen LogP contribution in [0.15, 0.2) is 5.16 Å². The van der Waals surface area contributed by atoms with Gasteiger partial charge in [-0.2, -0.15) is 0 Å². The first-order valence-electron chi connectivity index (χ1n) is 12.1. The summed E-state index contributed by atoms with van der Waals surface area (Å²) in [4.78, 5) is 31.4. The van der Waals surface area contributed by atoms with Gasteiger partial charge in [0.15, 0.2) is 16.1 Å². The van der Waals surface area contributed by atoms with Crippen LogP contribution >= 0.6 is 23.4 Å². The maximum Gasteiger partial charge on any atom is 0.410 e. The standard InChI is InChI=1S/C24H31ClFN5O2S/c1-6-12-10-14-16-18(17(26)20(25)27-14)28-22(34-7-2)29-21(16)30-11-13-8-9-15(19(12)30)31(13)23(32)33-24(3,4)5/h12-13,15,19H,6-11H2,1-5H3/t12-,13-,15+,19+/m1/s1. The van der Waals surface area contributed by atoms with Gasteiger partial charge in [0.25, 0.3) is 0 Å². The van der Waals surface area contributed by atoms with Crippen LogP contribution in [0.25, 0.3) is 10.9 Å². The Kier molecular flexibility index (Phi) is 6.07. The summed E-state index contributed by atoms with van der Waals surface area (Å²) in [7, 11) is 0. The van der Waals surface area contributed by atoms with Crippen LogP contribution in [0, 0.1) is 11.7 Å². The Labute approximate surface area is 208 Å². The highest BCUT2D eigenvalue weighted by Crippen LogP contribution is 2.46. The van der Waals surface area contributed by atoms with E-state index < -0.39 is 11.4 Å². The number of nitrogens with zero attached hydrogens (tertiary/aromatic N) is 5. The molecule has 0 unspecified atom stereocenters. The Balaban J connectivity index is 1.66. The van der Waals surface area contributed by atoms with E-state index >= 15 is 4.39 Å². The molecule has 2 aromatic rings. The Hall–Kier alpha value is -1.87. The molecule has 0 saturated carbocycles. The molecule has 2 saturated heterocycles. The molecule has 1 amide bonds. The summed E-state index contributed by atoms with van der Waals surface area (Å²) >= 11 is 7.71. The molecule has 0 N–H and O–H groups in total. The average Bonchev–Trinajstić information content (AvgIpc) is 3.01. The number of fused-ring (bicyclic) bond motifs is 5. The van der Waals surface area contributed by atoms with Crippen LogP contribution in [0.2, 0.25) is 5.15 Å². The number of rotatable bonds is 3. The van der Waals surface area contributed by atoms with Crippen molar-refractivity contribution in [2.75, 3.05) is 17.2 Å². The first kappa shape index (κ1) is 23.9. The van der Waals surface area contributed by atoms with Gasteiger partial charge in [0, 0.05) is 6.54 Å². The number of piperazine rings is 1. The van der Waals surface area contributed by atoms with Gasteiger partial charge in [-0.15, -0.1) is 0 Å². The average molecular weight is 508 g/mol. The summed E-state index contributed by atoms with van der Waals surface area (Å²) < 4.78 is 21.0. The molecule has 2 bridgehead atoms. The first-order chi connectivity index (χ1) is 16.1. The topological polar surface area (TPSA) is 71.5 Å². The van der Waals surface area contributed by atoms with Crippen molar-refractivity contribution in [3.8, 4) is 0 Å². The molecule has 3 aliphatic rings. The Bertz CT molecular complexity index is 1140. The van der Waals surface area contributed by atoms with Crippen LogP contribution in [0.5, 0.6) is 0 Å². The third-order valence-electron chi connectivity index (χ3n) is 7.10. The second-order valence-corrected chi connectivity index (χ2v) is 11.9. The van der Waals surface area contributed by atoms with Crippen molar-refractivity contribution in [2.45, 2.75) is 89.2 Å². The van der Waals surface area contributed by atoms with Gasteiger partial charge in [-0.1, -0.05) is 43.6 Å². The molecule has 0 aliphatic carbocycles. The van der Waals surface area contributed by atoms with E-state index in [2.05, 4.69) is 21.8 Å². The zero-order valence-electron chi connectivity index (χ0n) is 20.3. The quantitative estimate of drug-likeness (QED) is 0.310. The number of pyridine rings is 1. The number of hydrogen-bond acceptors (Lipinski definition) is 7. The number of amides is 1. The number of hydrogen-bond donors (Lipinski definition) is 0. The number of carbonyl (C=O) groups is 1. The van der Waals surface area contributed by atoms with E-state index in [1.807, 2.05) is 32.6 Å². The van der Waals surface area contributed by atoms with E-state index in [0.717, 1.165) is 36.5 Å². The normalized spacial score (nSPS) is 26.0. The fourth-order valence-electron chi connectivity index (χ4n) is 5.86. The number of carbonyl (C=O) groups excluding carboxylic acids is 1. The molecule has 2 fully saturated rings. The van der Waals surface area contributed by atoms with E-state index in [1.54, 1.807) is 0 Å². The summed E-state index contributed by atoms with van der Waals surface area (Å²) in [5.41, 5.74) is 0.430. The second kappa shape index (κ2) is 8.66. The van der Waals surface area contributed by atoms with E-state index in [-0.39, 0.29) is 40.8 Å². The van der Waals surface area contributed by atoms with E-state index in [9.17, 15) is 4.79 Å². The molecule has 184 valence electrons. The van der Waals surface area contributed by atoms with Gasteiger partial charge in [0.1, 0.15) is 16.9 Å². The second-order valence-electron chi connectivity index (χ2n) is 10.4. The van der Waals surface area contributed by atoms with E-state index in [1.165, 1.54) is 11.8 Å². The first-order valence-corrected chi connectivity index (χ1v) is 13.5. The summed E-state index contributed by atoms with van der Waals surface area (Å²) in [6.45, 7) is 10.5. The van der Waals surface area contributed by atoms with Crippen molar-refractivity contribution >= 4 is 46.2 Å². The molecular formula is C24H31ClFN5O2S. The van der Waals surface area contributed by atoms with Gasteiger partial charge in [0.05, 0.1) is 29.2 Å². The molecular weight excluding hydrogens is 477 g/mol. The highest BCUT2D eigenvalue weighted by atomic mass is 35.5. The Morgan fingerprint density at radius 1 is 1.24 bits per heavy atom. The predicted octanol–water partition coefficient (Wildman–Crippen LogP) is 5.47. The number of thioether (sulfide) groups is 1. The van der Waals surface area contributed by atoms with Crippen LogP contribution in [-0.4, -0.2) is 62.0 Å². The predicted molar refractivity (Wildman–Crippen MR) is 132 cm³/mol. The van der Waals surface area contributed by atoms with E-state index in [4.69, 9.17) is 21.3 Å². The largest absolute Gasteiger partial charge is 0.444 e. The molecule has 10 heteroatoms. The minimum atomic E-state index is -0.594. The lowest BCUT2D eigenvalue weighted by Crippen LogP contribution is -2.64. The van der Waals surface area contributed by atoms with Crippen molar-refractivity contribution in [3.05, 3.63) is 16.7 Å². The van der Waals surface area contributed by atoms with Crippen LogP contribution < -0.4 is 4.90 Å². The molecule has 0 spiro atoms. The van der Waals surface area contributed by atoms with Crippen LogP contribution in [0.1, 0.15) is 59.6 Å². The summed E-state index contributed by atoms with van der Waals surface area (Å²) in [6.07, 6.45) is 3.09. The fourth-order valence-corrected chi connectivity index (χ4v) is 6.61. The van der Waals surface area contributed by atoms with E-state index in [0.29, 0.717) is 23.5 Å². The van der Waals surface area contributed by atoms with Crippen molar-refractivity contribution in [3.63, 3.8) is 0 Å². The van der Waals surface area contributed by atoms with Crippen LogP contribution in [-0.2, 0) is 11.2 Å². The van der Waals surface area contributed by atoms with Gasteiger partial charge in [-0.25, -0.2) is 24.1 Å². The van der Waals surface area contributed by atoms with Crippen LogP contribution in [0.4, 0.5) is 15.0 Å². The zero-order valence-corrected chi connectivity index (χ0v) is 21.8. The Morgan fingerprint density at radius 2 is 2.00 bits per heavy atom. The lowest BCUT2D eigenvalue weighted by molar-refractivity contribution is 0.00428. The molecule has 34 heavy (non-hydrogen) atoms. The monoisotopic (exact) mass is 507 g/mol. The molecule has 2 aromatic heterocycles. The van der Waals surface area contributed by atoms with Gasteiger partial charge in [-0.05, 0) is 51.7 Å². The summed E-state index contributed by atoms with van der Waals surface area (Å²) in [5, 5.41) is 1.05. The van der Waals surface area contributed by atoms with Gasteiger partial charge in [-0.3, -0.25) is 4.90 Å². The molecule has 0 radical (unpaired) electrons. The molecule has 5 heterocycles. The molecule has 7 nitrogen and oxygen atoms in total. The number of halogens is 2. The smallest absolute Gasteiger partial charge is 0.410 e. The Morgan fingerprint density at radius 3 is 2.68 bits per heavy atom. The molecule has 4 atom stereocenters. The highest BCUT2D eigenvalue weighted by Gasteiger charge is 2.53. The minimum Gasteiger partial charge on any atom is -0.444 e. The summed E-state index contributed by atoms with van der Waals surface area (Å²) in [5.74, 6) is 1.10. The number of aromatic nitrogens is 3. The van der Waals surface area contributed by atoms with Crippen molar-refractivity contribution < 1.29 is 13.9 Å². The third kappa shape index (κ3) is 3.88. The van der Waals surface area contributed by atoms with Crippen molar-refractivity contribution in [2.24, 2.45) is 5.92 Å². The SMILES string of the molecule is CCSc1nc2c3c(nc(Cl)c(F)c3n1)C[C@@H](CC)[C@H]1[C@@H]3CC[C@H](CN21)N3C(=O)OC(C)(C)C. The van der Waals surface area contributed by atoms with Gasteiger partial charge >= 0.3 is 6.09 Å². The number of anilines is 1. The van der Waals surface area contributed by atoms with Crippen molar-refractivity contribution in [1.29, 1.82) is 0 Å². The lowest BCUT2D eigenvalue weighted by Gasteiger charge is -2.49. The maximum absolute atomic E-state index is 15.2. The molecule has 5 rings (SSSR count).